The van der Waals surface area contributed by atoms with E-state index >= 15 is 0 Å². The minimum atomic E-state index is 0.600. The Kier molecular flexibility index (Phi) is 4.62. The predicted octanol–water partition coefficient (Wildman–Crippen LogP) is 2.25. The number of thioether (sulfide) groups is 1. The normalized spacial score (nSPS) is 10.5. The first-order valence-corrected chi connectivity index (χ1v) is 7.00. The number of rotatable bonds is 6. The first-order valence-electron chi connectivity index (χ1n) is 6.01. The van der Waals surface area contributed by atoms with E-state index < -0.39 is 0 Å². The van der Waals surface area contributed by atoms with Gasteiger partial charge in [0.05, 0.1) is 12.0 Å². The summed E-state index contributed by atoms with van der Waals surface area (Å²) in [5, 5.41) is 3.80. The molecule has 0 atom stereocenters. The molecule has 2 heterocycles. The van der Waals surface area contributed by atoms with Crippen molar-refractivity contribution in [3.05, 3.63) is 24.2 Å². The van der Waals surface area contributed by atoms with E-state index in [1.54, 1.807) is 6.26 Å². The van der Waals surface area contributed by atoms with Crippen LogP contribution in [0.15, 0.2) is 28.0 Å². The van der Waals surface area contributed by atoms with Gasteiger partial charge in [0.1, 0.15) is 5.76 Å². The van der Waals surface area contributed by atoms with Crippen molar-refractivity contribution in [3.63, 3.8) is 0 Å². The molecule has 0 unspecified atom stereocenters. The maximum Gasteiger partial charge on any atom is 0.230 e. The van der Waals surface area contributed by atoms with Crippen LogP contribution in [0.3, 0.4) is 0 Å². The van der Waals surface area contributed by atoms with Crippen molar-refractivity contribution in [2.75, 3.05) is 30.9 Å². The molecule has 0 fully saturated rings. The van der Waals surface area contributed by atoms with Crippen molar-refractivity contribution in [1.82, 2.24) is 15.0 Å². The molecule has 0 aliphatic rings. The molecule has 6 nitrogen and oxygen atoms in total. The summed E-state index contributed by atoms with van der Waals surface area (Å²) in [7, 11) is 3.82. The topological polar surface area (TPSA) is 67.1 Å². The summed E-state index contributed by atoms with van der Waals surface area (Å²) >= 11 is 1.53. The third-order valence-electron chi connectivity index (χ3n) is 2.26. The second-order valence-electron chi connectivity index (χ2n) is 4.03. The molecule has 0 aliphatic heterocycles. The van der Waals surface area contributed by atoms with Crippen molar-refractivity contribution in [2.24, 2.45) is 0 Å². The van der Waals surface area contributed by atoms with Crippen molar-refractivity contribution >= 4 is 23.7 Å². The van der Waals surface area contributed by atoms with E-state index in [0.29, 0.717) is 22.8 Å². The van der Waals surface area contributed by atoms with Crippen LogP contribution in [0.25, 0.3) is 0 Å². The molecule has 2 aromatic rings. The van der Waals surface area contributed by atoms with Crippen molar-refractivity contribution in [3.8, 4) is 0 Å². The van der Waals surface area contributed by atoms with Gasteiger partial charge in [0, 0.05) is 20.6 Å². The van der Waals surface area contributed by atoms with Gasteiger partial charge in [-0.25, -0.2) is 0 Å². The molecule has 0 spiro atoms. The molecule has 0 amide bonds. The number of hydrogen-bond acceptors (Lipinski definition) is 7. The Labute approximate surface area is 116 Å². The van der Waals surface area contributed by atoms with Crippen LogP contribution in [-0.4, -0.2) is 35.6 Å². The Morgan fingerprint density at radius 1 is 1.32 bits per heavy atom. The number of hydrogen-bond donors (Lipinski definition) is 1. The predicted molar refractivity (Wildman–Crippen MR) is 76.6 cm³/mol. The van der Waals surface area contributed by atoms with E-state index in [9.17, 15) is 0 Å². The molecular formula is C12H17N5OS. The van der Waals surface area contributed by atoms with Crippen LogP contribution < -0.4 is 10.2 Å². The molecule has 0 radical (unpaired) electrons. The molecule has 0 aliphatic carbocycles. The highest BCUT2D eigenvalue weighted by atomic mass is 32.2. The fourth-order valence-electron chi connectivity index (χ4n) is 1.38. The van der Waals surface area contributed by atoms with E-state index in [4.69, 9.17) is 4.42 Å². The Bertz CT molecular complexity index is 515. The SMILES string of the molecule is CCNc1nc(SCc2ccco2)nc(N(C)C)n1. The number of aromatic nitrogens is 3. The van der Waals surface area contributed by atoms with E-state index in [1.165, 1.54) is 11.8 Å². The highest BCUT2D eigenvalue weighted by Gasteiger charge is 2.09. The summed E-state index contributed by atoms with van der Waals surface area (Å²) < 4.78 is 5.29. The van der Waals surface area contributed by atoms with Gasteiger partial charge < -0.3 is 14.6 Å². The maximum absolute atomic E-state index is 5.29. The van der Waals surface area contributed by atoms with Crippen molar-refractivity contribution < 1.29 is 4.42 Å². The van der Waals surface area contributed by atoms with Crippen molar-refractivity contribution in [2.45, 2.75) is 17.8 Å². The summed E-state index contributed by atoms with van der Waals surface area (Å²) in [6.07, 6.45) is 1.67. The molecule has 2 aromatic heterocycles. The summed E-state index contributed by atoms with van der Waals surface area (Å²) in [4.78, 5) is 14.9. The maximum atomic E-state index is 5.29. The summed E-state index contributed by atoms with van der Waals surface area (Å²) in [5.41, 5.74) is 0. The van der Waals surface area contributed by atoms with Gasteiger partial charge in [0.2, 0.25) is 11.9 Å². The van der Waals surface area contributed by atoms with Crippen LogP contribution in [0.2, 0.25) is 0 Å². The van der Waals surface area contributed by atoms with E-state index in [1.807, 2.05) is 38.1 Å². The lowest BCUT2D eigenvalue weighted by molar-refractivity contribution is 0.530. The van der Waals surface area contributed by atoms with Crippen LogP contribution >= 0.6 is 11.8 Å². The third-order valence-corrected chi connectivity index (χ3v) is 3.13. The smallest absolute Gasteiger partial charge is 0.230 e. The Morgan fingerprint density at radius 3 is 2.79 bits per heavy atom. The molecule has 0 saturated heterocycles. The fraction of sp³-hybridized carbons (Fsp3) is 0.417. The van der Waals surface area contributed by atoms with Gasteiger partial charge in [0.25, 0.3) is 0 Å². The van der Waals surface area contributed by atoms with Crippen LogP contribution in [-0.2, 0) is 5.75 Å². The monoisotopic (exact) mass is 279 g/mol. The van der Waals surface area contributed by atoms with Crippen LogP contribution in [0.4, 0.5) is 11.9 Å². The fourth-order valence-corrected chi connectivity index (χ4v) is 2.11. The summed E-state index contributed by atoms with van der Waals surface area (Å²) in [6.45, 7) is 2.79. The van der Waals surface area contributed by atoms with E-state index in [0.717, 1.165) is 12.3 Å². The van der Waals surface area contributed by atoms with Gasteiger partial charge in [-0.15, -0.1) is 0 Å². The van der Waals surface area contributed by atoms with Gasteiger partial charge >= 0.3 is 0 Å². The average Bonchev–Trinajstić information content (AvgIpc) is 2.89. The number of furan rings is 1. The van der Waals surface area contributed by atoms with E-state index in [2.05, 4.69) is 20.3 Å². The molecular weight excluding hydrogens is 262 g/mol. The summed E-state index contributed by atoms with van der Waals surface area (Å²) in [5.74, 6) is 2.85. The molecule has 0 aromatic carbocycles. The Hall–Kier alpha value is -1.76. The average molecular weight is 279 g/mol. The van der Waals surface area contributed by atoms with Crippen LogP contribution in [0.5, 0.6) is 0 Å². The molecule has 102 valence electrons. The molecule has 7 heteroatoms. The lowest BCUT2D eigenvalue weighted by Crippen LogP contribution is -2.15. The molecule has 1 N–H and O–H groups in total. The molecule has 2 rings (SSSR count). The quantitative estimate of drug-likeness (QED) is 0.813. The highest BCUT2D eigenvalue weighted by molar-refractivity contribution is 7.98. The number of nitrogens with one attached hydrogen (secondary N) is 1. The molecule has 0 saturated carbocycles. The molecule has 0 bridgehead atoms. The van der Waals surface area contributed by atoms with Gasteiger partial charge in [-0.05, 0) is 19.1 Å². The minimum Gasteiger partial charge on any atom is -0.468 e. The van der Waals surface area contributed by atoms with Crippen molar-refractivity contribution in [1.29, 1.82) is 0 Å². The first-order chi connectivity index (χ1) is 9.19. The van der Waals surface area contributed by atoms with Crippen LogP contribution in [0.1, 0.15) is 12.7 Å². The number of anilines is 2. The van der Waals surface area contributed by atoms with Crippen LogP contribution in [0, 0.1) is 0 Å². The first kappa shape index (κ1) is 13.7. The molecule has 19 heavy (non-hydrogen) atoms. The second-order valence-corrected chi connectivity index (χ2v) is 4.98. The minimum absolute atomic E-state index is 0.600. The van der Waals surface area contributed by atoms with Gasteiger partial charge in [0.15, 0.2) is 5.16 Å². The zero-order valence-corrected chi connectivity index (χ0v) is 12.1. The second kappa shape index (κ2) is 6.42. The third kappa shape index (κ3) is 3.85. The summed E-state index contributed by atoms with van der Waals surface area (Å²) in [6, 6.07) is 3.81. The van der Waals surface area contributed by atoms with Gasteiger partial charge in [-0.1, -0.05) is 11.8 Å². The number of nitrogens with zero attached hydrogens (tertiary/aromatic N) is 4. The van der Waals surface area contributed by atoms with Gasteiger partial charge in [-0.3, -0.25) is 0 Å². The largest absolute Gasteiger partial charge is 0.468 e. The highest BCUT2D eigenvalue weighted by Crippen LogP contribution is 2.22. The standard InChI is InChI=1S/C12H17N5OS/c1-4-13-10-14-11(17(2)3)16-12(15-10)19-8-9-6-5-7-18-9/h5-7H,4,8H2,1-3H3,(H,13,14,15,16). The zero-order chi connectivity index (χ0) is 13.7. The van der Waals surface area contributed by atoms with Gasteiger partial charge in [-0.2, -0.15) is 15.0 Å². The zero-order valence-electron chi connectivity index (χ0n) is 11.3. The Balaban J connectivity index is 2.13. The Morgan fingerprint density at radius 2 is 2.16 bits per heavy atom. The lowest BCUT2D eigenvalue weighted by atomic mass is 10.5. The van der Waals surface area contributed by atoms with E-state index in [-0.39, 0.29) is 0 Å². The lowest BCUT2D eigenvalue weighted by Gasteiger charge is -2.12.